The van der Waals surface area contributed by atoms with Gasteiger partial charge in [-0.3, -0.25) is 0 Å². The van der Waals surface area contributed by atoms with Crippen LogP contribution in [-0.4, -0.2) is 38.4 Å². The van der Waals surface area contributed by atoms with Gasteiger partial charge in [0, 0.05) is 50.3 Å². The Bertz CT molecular complexity index is 633. The van der Waals surface area contributed by atoms with Crippen LogP contribution in [-0.2, 0) is 6.54 Å². The molecule has 0 spiro atoms. The molecule has 134 valence electrons. The molecular weight excluding hydrogens is 310 g/mol. The first-order valence-electron chi connectivity index (χ1n) is 9.26. The Morgan fingerprint density at radius 1 is 0.960 bits per heavy atom. The van der Waals surface area contributed by atoms with Crippen LogP contribution in [0.4, 0.5) is 17.1 Å². The average molecular weight is 339 g/mol. The zero-order chi connectivity index (χ0) is 17.5. The number of hydrogen-bond acceptors (Lipinski definition) is 4. The molecule has 1 saturated heterocycles. The lowest BCUT2D eigenvalue weighted by Crippen LogP contribution is -2.29. The van der Waals surface area contributed by atoms with E-state index in [9.17, 15) is 0 Å². The summed E-state index contributed by atoms with van der Waals surface area (Å²) in [7, 11) is 1.99. The highest BCUT2D eigenvalue weighted by atomic mass is 16.3. The Hall–Kier alpha value is -2.20. The Morgan fingerprint density at radius 2 is 1.64 bits per heavy atom. The molecule has 1 aliphatic heterocycles. The highest BCUT2D eigenvalue weighted by Gasteiger charge is 2.10. The fourth-order valence-electron chi connectivity index (χ4n) is 3.29. The van der Waals surface area contributed by atoms with Crippen LogP contribution >= 0.6 is 0 Å². The molecule has 2 aromatic carbocycles. The van der Waals surface area contributed by atoms with Gasteiger partial charge in [-0.15, -0.1) is 0 Å². The summed E-state index contributed by atoms with van der Waals surface area (Å²) < 4.78 is 0. The normalized spacial score (nSPS) is 14.4. The van der Waals surface area contributed by atoms with Crippen LogP contribution in [0.3, 0.4) is 0 Å². The Morgan fingerprint density at radius 3 is 2.28 bits per heavy atom. The molecular formula is C21H29N3O. The van der Waals surface area contributed by atoms with Crippen LogP contribution in [0.25, 0.3) is 0 Å². The summed E-state index contributed by atoms with van der Waals surface area (Å²) in [5.41, 5.74) is 4.87. The molecule has 1 heterocycles. The Balaban J connectivity index is 1.52. The predicted octanol–water partition coefficient (Wildman–Crippen LogP) is 3.72. The van der Waals surface area contributed by atoms with Gasteiger partial charge in [-0.1, -0.05) is 12.1 Å². The number of anilines is 3. The van der Waals surface area contributed by atoms with E-state index in [0.717, 1.165) is 17.9 Å². The van der Waals surface area contributed by atoms with Gasteiger partial charge in [0.1, 0.15) is 0 Å². The minimum absolute atomic E-state index is 0.171. The van der Waals surface area contributed by atoms with Crippen LogP contribution in [0, 0.1) is 0 Å². The third-order valence-electron chi connectivity index (χ3n) is 4.90. The first-order valence-corrected chi connectivity index (χ1v) is 9.26. The van der Waals surface area contributed by atoms with E-state index in [-0.39, 0.29) is 6.61 Å². The number of nitrogens with one attached hydrogen (secondary N) is 1. The van der Waals surface area contributed by atoms with Gasteiger partial charge in [-0.05, 0) is 61.2 Å². The molecule has 2 aromatic rings. The minimum atomic E-state index is 0.171. The van der Waals surface area contributed by atoms with Gasteiger partial charge in [0.2, 0.25) is 0 Å². The molecule has 0 radical (unpaired) electrons. The largest absolute Gasteiger partial charge is 0.395 e. The van der Waals surface area contributed by atoms with E-state index in [1.54, 1.807) is 0 Å². The van der Waals surface area contributed by atoms with Gasteiger partial charge in [0.25, 0.3) is 0 Å². The van der Waals surface area contributed by atoms with E-state index >= 15 is 0 Å². The number of aliphatic hydroxyl groups is 1. The van der Waals surface area contributed by atoms with Crippen molar-refractivity contribution in [2.75, 3.05) is 48.4 Å². The first-order chi connectivity index (χ1) is 12.3. The van der Waals surface area contributed by atoms with Crippen LogP contribution in [0.1, 0.15) is 24.8 Å². The number of aliphatic hydroxyl groups excluding tert-OH is 1. The highest BCUT2D eigenvalue weighted by molar-refractivity contribution is 5.55. The average Bonchev–Trinajstić information content (AvgIpc) is 2.68. The van der Waals surface area contributed by atoms with Crippen molar-refractivity contribution in [3.63, 3.8) is 0 Å². The van der Waals surface area contributed by atoms with E-state index in [1.807, 2.05) is 11.9 Å². The van der Waals surface area contributed by atoms with Crippen LogP contribution in [0.15, 0.2) is 48.5 Å². The molecule has 0 amide bonds. The molecule has 0 aliphatic carbocycles. The van der Waals surface area contributed by atoms with E-state index in [1.165, 1.54) is 43.6 Å². The zero-order valence-electron chi connectivity index (χ0n) is 15.1. The summed E-state index contributed by atoms with van der Waals surface area (Å²) in [5, 5.41) is 12.5. The van der Waals surface area contributed by atoms with Gasteiger partial charge < -0.3 is 20.2 Å². The lowest BCUT2D eigenvalue weighted by molar-refractivity contribution is 0.304. The van der Waals surface area contributed by atoms with Gasteiger partial charge in [0.05, 0.1) is 6.61 Å². The van der Waals surface area contributed by atoms with E-state index in [0.29, 0.717) is 6.54 Å². The lowest BCUT2D eigenvalue weighted by atomic mass is 10.1. The van der Waals surface area contributed by atoms with Crippen molar-refractivity contribution in [1.29, 1.82) is 0 Å². The molecule has 0 aromatic heterocycles. The first kappa shape index (κ1) is 17.6. The number of hydrogen-bond donors (Lipinski definition) is 2. The standard InChI is InChI=1S/C21H29N3O/c1-23(15-16-25)20-11-7-19(8-12-20)22-17-18-5-9-21(10-6-18)24-13-3-2-4-14-24/h5-12,22,25H,2-4,13-17H2,1H3. The third-order valence-corrected chi connectivity index (χ3v) is 4.90. The van der Waals surface area contributed by atoms with Crippen LogP contribution in [0.2, 0.25) is 0 Å². The quantitative estimate of drug-likeness (QED) is 0.806. The monoisotopic (exact) mass is 339 g/mol. The summed E-state index contributed by atoms with van der Waals surface area (Å²) >= 11 is 0. The highest BCUT2D eigenvalue weighted by Crippen LogP contribution is 2.21. The lowest BCUT2D eigenvalue weighted by Gasteiger charge is -2.28. The number of nitrogens with zero attached hydrogens (tertiary/aromatic N) is 2. The molecule has 25 heavy (non-hydrogen) atoms. The topological polar surface area (TPSA) is 38.7 Å². The molecule has 0 unspecified atom stereocenters. The zero-order valence-corrected chi connectivity index (χ0v) is 15.1. The van der Waals surface area contributed by atoms with Gasteiger partial charge in [-0.2, -0.15) is 0 Å². The van der Waals surface area contributed by atoms with Crippen LogP contribution < -0.4 is 15.1 Å². The molecule has 0 atom stereocenters. The van der Waals surface area contributed by atoms with Crippen molar-refractivity contribution in [3.05, 3.63) is 54.1 Å². The van der Waals surface area contributed by atoms with Gasteiger partial charge >= 0.3 is 0 Å². The number of rotatable bonds is 7. The fraction of sp³-hybridized carbons (Fsp3) is 0.429. The van der Waals surface area contributed by atoms with Gasteiger partial charge in [0.15, 0.2) is 0 Å². The smallest absolute Gasteiger partial charge is 0.0606 e. The molecule has 0 saturated carbocycles. The van der Waals surface area contributed by atoms with E-state index in [4.69, 9.17) is 5.11 Å². The molecule has 3 rings (SSSR count). The maximum absolute atomic E-state index is 9.01. The molecule has 4 nitrogen and oxygen atoms in total. The molecule has 1 fully saturated rings. The fourth-order valence-corrected chi connectivity index (χ4v) is 3.29. The summed E-state index contributed by atoms with van der Waals surface area (Å²) in [4.78, 5) is 4.53. The minimum Gasteiger partial charge on any atom is -0.395 e. The molecule has 0 bridgehead atoms. The molecule has 2 N–H and O–H groups in total. The van der Waals surface area contributed by atoms with Crippen molar-refractivity contribution >= 4 is 17.1 Å². The van der Waals surface area contributed by atoms with Crippen molar-refractivity contribution in [1.82, 2.24) is 0 Å². The Labute approximate surface area is 151 Å². The van der Waals surface area contributed by atoms with Crippen molar-refractivity contribution in [3.8, 4) is 0 Å². The van der Waals surface area contributed by atoms with E-state index < -0.39 is 0 Å². The summed E-state index contributed by atoms with van der Waals surface area (Å²) in [5.74, 6) is 0. The number of likely N-dealkylation sites (N-methyl/N-ethyl adjacent to an activating group) is 1. The van der Waals surface area contributed by atoms with E-state index in [2.05, 4.69) is 58.7 Å². The summed E-state index contributed by atoms with van der Waals surface area (Å²) in [6.45, 7) is 4.02. The van der Waals surface area contributed by atoms with Crippen LogP contribution in [0.5, 0.6) is 0 Å². The number of benzene rings is 2. The second kappa shape index (κ2) is 8.77. The Kier molecular flexibility index (Phi) is 6.18. The maximum Gasteiger partial charge on any atom is 0.0606 e. The maximum atomic E-state index is 9.01. The summed E-state index contributed by atoms with van der Waals surface area (Å²) in [6, 6.07) is 17.3. The second-order valence-electron chi connectivity index (χ2n) is 6.76. The van der Waals surface area contributed by atoms with Crippen molar-refractivity contribution < 1.29 is 5.11 Å². The van der Waals surface area contributed by atoms with Gasteiger partial charge in [-0.25, -0.2) is 0 Å². The third kappa shape index (κ3) is 4.89. The summed E-state index contributed by atoms with van der Waals surface area (Å²) in [6.07, 6.45) is 3.99. The SMILES string of the molecule is CN(CCO)c1ccc(NCc2ccc(N3CCCCC3)cc2)cc1. The second-order valence-corrected chi connectivity index (χ2v) is 6.76. The number of piperidine rings is 1. The molecule has 1 aliphatic rings. The molecule has 4 heteroatoms. The van der Waals surface area contributed by atoms with Crippen molar-refractivity contribution in [2.24, 2.45) is 0 Å². The van der Waals surface area contributed by atoms with Crippen molar-refractivity contribution in [2.45, 2.75) is 25.8 Å². The predicted molar refractivity (Wildman–Crippen MR) is 107 cm³/mol.